The average Bonchev–Trinajstić information content (AvgIpc) is 2.86. The monoisotopic (exact) mass is 511 g/mol. The number of para-hydroxylation sites is 1. The van der Waals surface area contributed by atoms with Crippen LogP contribution >= 0.6 is 11.6 Å². The molecule has 0 fully saturated rings. The Morgan fingerprint density at radius 1 is 1.06 bits per heavy atom. The SMILES string of the molecule is CCCN(C(C)c1nc2ccccc2c(=O)n1-c1cccc(Cl)c1)S(=O)(=O)c1ccc(OC)cc1. The van der Waals surface area contributed by atoms with E-state index in [9.17, 15) is 13.2 Å². The molecule has 0 N–H and O–H groups in total. The number of nitrogens with zero attached hydrogens (tertiary/aromatic N) is 3. The number of sulfonamides is 1. The van der Waals surface area contributed by atoms with Crippen LogP contribution < -0.4 is 10.3 Å². The number of benzene rings is 3. The van der Waals surface area contributed by atoms with E-state index in [4.69, 9.17) is 21.3 Å². The summed E-state index contributed by atoms with van der Waals surface area (Å²) in [5.41, 5.74) is 0.717. The Morgan fingerprint density at radius 2 is 1.77 bits per heavy atom. The van der Waals surface area contributed by atoms with Crippen molar-refractivity contribution in [2.45, 2.75) is 31.2 Å². The first-order valence-electron chi connectivity index (χ1n) is 11.2. The summed E-state index contributed by atoms with van der Waals surface area (Å²) in [6, 6.07) is 19.4. The topological polar surface area (TPSA) is 81.5 Å². The molecule has 35 heavy (non-hydrogen) atoms. The Hall–Kier alpha value is -3.20. The van der Waals surface area contributed by atoms with E-state index in [2.05, 4.69) is 0 Å². The molecule has 1 aromatic heterocycles. The van der Waals surface area contributed by atoms with Gasteiger partial charge in [-0.15, -0.1) is 0 Å². The zero-order valence-electron chi connectivity index (χ0n) is 19.7. The molecule has 4 rings (SSSR count). The van der Waals surface area contributed by atoms with E-state index >= 15 is 0 Å². The molecule has 182 valence electrons. The molecule has 0 aliphatic carbocycles. The van der Waals surface area contributed by atoms with Gasteiger partial charge < -0.3 is 4.74 Å². The quantitative estimate of drug-likeness (QED) is 0.324. The third-order valence-corrected chi connectivity index (χ3v) is 8.00. The van der Waals surface area contributed by atoms with Gasteiger partial charge in [0.25, 0.3) is 5.56 Å². The normalized spacial score (nSPS) is 12.7. The van der Waals surface area contributed by atoms with Gasteiger partial charge in [-0.2, -0.15) is 4.31 Å². The number of ether oxygens (including phenoxy) is 1. The van der Waals surface area contributed by atoms with Crippen LogP contribution in [0, 0.1) is 0 Å². The van der Waals surface area contributed by atoms with Crippen molar-refractivity contribution in [1.82, 2.24) is 13.9 Å². The van der Waals surface area contributed by atoms with E-state index in [1.165, 1.54) is 28.1 Å². The number of hydrogen-bond donors (Lipinski definition) is 0. The van der Waals surface area contributed by atoms with Gasteiger partial charge in [0.1, 0.15) is 11.6 Å². The number of halogens is 1. The summed E-state index contributed by atoms with van der Waals surface area (Å²) in [6.45, 7) is 3.89. The van der Waals surface area contributed by atoms with Crippen LogP contribution in [-0.4, -0.2) is 35.9 Å². The number of fused-ring (bicyclic) bond motifs is 1. The van der Waals surface area contributed by atoms with Gasteiger partial charge in [0.05, 0.1) is 34.6 Å². The van der Waals surface area contributed by atoms with Gasteiger partial charge >= 0.3 is 0 Å². The molecule has 1 unspecified atom stereocenters. The van der Waals surface area contributed by atoms with Gasteiger partial charge in [-0.05, 0) is 67.9 Å². The van der Waals surface area contributed by atoms with Crippen LogP contribution in [0.25, 0.3) is 16.6 Å². The first-order valence-corrected chi connectivity index (χ1v) is 13.0. The fourth-order valence-corrected chi connectivity index (χ4v) is 5.92. The number of aromatic nitrogens is 2. The lowest BCUT2D eigenvalue weighted by Gasteiger charge is -2.29. The maximum atomic E-state index is 13.7. The van der Waals surface area contributed by atoms with Crippen LogP contribution in [0.4, 0.5) is 0 Å². The van der Waals surface area contributed by atoms with E-state index in [0.717, 1.165) is 0 Å². The minimum atomic E-state index is -3.91. The summed E-state index contributed by atoms with van der Waals surface area (Å²) in [5.74, 6) is 0.867. The molecule has 3 aromatic carbocycles. The first-order chi connectivity index (χ1) is 16.8. The summed E-state index contributed by atoms with van der Waals surface area (Å²) in [4.78, 5) is 18.5. The van der Waals surface area contributed by atoms with Crippen LogP contribution in [0.5, 0.6) is 5.75 Å². The van der Waals surface area contributed by atoms with E-state index in [1.54, 1.807) is 67.6 Å². The Kier molecular flexibility index (Phi) is 7.25. The van der Waals surface area contributed by atoms with Crippen LogP contribution in [0.3, 0.4) is 0 Å². The predicted molar refractivity (Wildman–Crippen MR) is 138 cm³/mol. The highest BCUT2D eigenvalue weighted by atomic mass is 35.5. The third-order valence-electron chi connectivity index (χ3n) is 5.78. The zero-order valence-corrected chi connectivity index (χ0v) is 21.3. The highest BCUT2D eigenvalue weighted by molar-refractivity contribution is 7.89. The lowest BCUT2D eigenvalue weighted by Crippen LogP contribution is -2.38. The molecular formula is C26H26ClN3O4S. The summed E-state index contributed by atoms with van der Waals surface area (Å²) < 4.78 is 35.5. The number of rotatable bonds is 8. The minimum Gasteiger partial charge on any atom is -0.497 e. The Balaban J connectivity index is 1.93. The second kappa shape index (κ2) is 10.2. The molecule has 1 atom stereocenters. The maximum Gasteiger partial charge on any atom is 0.266 e. The van der Waals surface area contributed by atoms with Crippen molar-refractivity contribution in [1.29, 1.82) is 0 Å². The van der Waals surface area contributed by atoms with Crippen molar-refractivity contribution >= 4 is 32.5 Å². The summed E-state index contributed by atoms with van der Waals surface area (Å²) >= 11 is 6.23. The highest BCUT2D eigenvalue weighted by Crippen LogP contribution is 2.30. The largest absolute Gasteiger partial charge is 0.497 e. The van der Waals surface area contributed by atoms with Crippen molar-refractivity contribution in [3.63, 3.8) is 0 Å². The third kappa shape index (κ3) is 4.82. The van der Waals surface area contributed by atoms with Gasteiger partial charge in [-0.1, -0.05) is 36.7 Å². The fourth-order valence-electron chi connectivity index (χ4n) is 4.05. The van der Waals surface area contributed by atoms with Crippen LogP contribution in [0.15, 0.2) is 82.5 Å². The Labute approximate surface area is 209 Å². The molecular weight excluding hydrogens is 486 g/mol. The average molecular weight is 512 g/mol. The predicted octanol–water partition coefficient (Wildman–Crippen LogP) is 5.21. The van der Waals surface area contributed by atoms with E-state index in [0.29, 0.717) is 39.6 Å². The lowest BCUT2D eigenvalue weighted by atomic mass is 10.2. The van der Waals surface area contributed by atoms with Crippen LogP contribution in [-0.2, 0) is 10.0 Å². The smallest absolute Gasteiger partial charge is 0.266 e. The highest BCUT2D eigenvalue weighted by Gasteiger charge is 2.32. The van der Waals surface area contributed by atoms with E-state index in [-0.39, 0.29) is 17.0 Å². The van der Waals surface area contributed by atoms with E-state index in [1.807, 2.05) is 6.92 Å². The van der Waals surface area contributed by atoms with Crippen LogP contribution in [0.1, 0.15) is 32.1 Å². The molecule has 9 heteroatoms. The molecule has 0 spiro atoms. The molecule has 0 saturated carbocycles. The molecule has 4 aromatic rings. The Morgan fingerprint density at radius 3 is 2.43 bits per heavy atom. The molecule has 0 aliphatic heterocycles. The second-order valence-corrected chi connectivity index (χ2v) is 10.4. The fraction of sp³-hybridized carbons (Fsp3) is 0.231. The van der Waals surface area contributed by atoms with Gasteiger partial charge in [-0.25, -0.2) is 13.4 Å². The zero-order chi connectivity index (χ0) is 25.2. The first kappa shape index (κ1) is 24.9. The van der Waals surface area contributed by atoms with Crippen LogP contribution in [0.2, 0.25) is 5.02 Å². The molecule has 0 amide bonds. The molecule has 0 saturated heterocycles. The molecule has 0 radical (unpaired) electrons. The molecule has 7 nitrogen and oxygen atoms in total. The number of methoxy groups -OCH3 is 1. The van der Waals surface area contributed by atoms with Gasteiger partial charge in [0, 0.05) is 11.6 Å². The maximum absolute atomic E-state index is 13.7. The van der Waals surface area contributed by atoms with Crippen molar-refractivity contribution in [2.24, 2.45) is 0 Å². The van der Waals surface area contributed by atoms with Crippen molar-refractivity contribution < 1.29 is 13.2 Å². The van der Waals surface area contributed by atoms with Crippen molar-refractivity contribution in [3.8, 4) is 11.4 Å². The standard InChI is InChI=1S/C26H26ClN3O4S/c1-4-16-29(35(32,33)22-14-12-21(34-3)13-15-22)18(2)25-28-24-11-6-5-10-23(24)26(31)30(25)20-9-7-8-19(27)17-20/h5-15,17-18H,4,16H2,1-3H3. The second-order valence-electron chi connectivity index (χ2n) is 8.07. The van der Waals surface area contributed by atoms with Crippen molar-refractivity contribution in [2.75, 3.05) is 13.7 Å². The summed E-state index contributed by atoms with van der Waals surface area (Å²) in [6.07, 6.45) is 0.578. The van der Waals surface area contributed by atoms with Gasteiger partial charge in [-0.3, -0.25) is 9.36 Å². The summed E-state index contributed by atoms with van der Waals surface area (Å²) in [7, 11) is -2.39. The van der Waals surface area contributed by atoms with Crippen molar-refractivity contribution in [3.05, 3.63) is 94.0 Å². The summed E-state index contributed by atoms with van der Waals surface area (Å²) in [5, 5.41) is 0.890. The molecule has 0 aliphatic rings. The van der Waals surface area contributed by atoms with Gasteiger partial charge in [0.15, 0.2) is 0 Å². The van der Waals surface area contributed by atoms with E-state index < -0.39 is 16.1 Å². The number of hydrogen-bond acceptors (Lipinski definition) is 5. The minimum absolute atomic E-state index is 0.135. The van der Waals surface area contributed by atoms with Gasteiger partial charge in [0.2, 0.25) is 10.0 Å². The molecule has 1 heterocycles. The Bertz CT molecular complexity index is 1520. The molecule has 0 bridgehead atoms. The lowest BCUT2D eigenvalue weighted by molar-refractivity contribution is 0.327.